The zero-order chi connectivity index (χ0) is 12.0. The van der Waals surface area contributed by atoms with E-state index in [1.165, 1.54) is 0 Å². The fourth-order valence-electron chi connectivity index (χ4n) is 1.32. The summed E-state index contributed by atoms with van der Waals surface area (Å²) in [6.45, 7) is 6.48. The van der Waals surface area contributed by atoms with Crippen LogP contribution < -0.4 is 5.32 Å². The molecular formula is C13H21NO2. The van der Waals surface area contributed by atoms with Gasteiger partial charge in [0.05, 0.1) is 0 Å². The second-order valence-electron chi connectivity index (χ2n) is 4.51. The summed E-state index contributed by atoms with van der Waals surface area (Å²) in [5.41, 5.74) is 1.08. The average Bonchev–Trinajstić information content (AvgIpc) is 2.27. The smallest absolute Gasteiger partial charge is 0.407 e. The predicted octanol–water partition coefficient (Wildman–Crippen LogP) is 3.03. The molecule has 0 fully saturated rings. The predicted molar refractivity (Wildman–Crippen MR) is 65.2 cm³/mol. The van der Waals surface area contributed by atoms with E-state index >= 15 is 0 Å². The van der Waals surface area contributed by atoms with Gasteiger partial charge in [0.1, 0.15) is 6.61 Å². The molecule has 1 aliphatic carbocycles. The molecule has 16 heavy (non-hydrogen) atoms. The summed E-state index contributed by atoms with van der Waals surface area (Å²) >= 11 is 0. The SMILES string of the molecule is CC(C)C(C)NC(=O)OCC1=CCCC=C1. The summed E-state index contributed by atoms with van der Waals surface area (Å²) in [7, 11) is 0. The van der Waals surface area contributed by atoms with Crippen molar-refractivity contribution in [3.8, 4) is 0 Å². The summed E-state index contributed by atoms with van der Waals surface area (Å²) in [5.74, 6) is 0.418. The summed E-state index contributed by atoms with van der Waals surface area (Å²) in [4.78, 5) is 11.4. The highest BCUT2D eigenvalue weighted by Crippen LogP contribution is 2.09. The van der Waals surface area contributed by atoms with Crippen LogP contribution in [0.4, 0.5) is 4.79 Å². The molecule has 0 bridgehead atoms. The molecule has 0 spiro atoms. The first-order valence-corrected chi connectivity index (χ1v) is 5.88. The van der Waals surface area contributed by atoms with Crippen LogP contribution >= 0.6 is 0 Å². The number of hydrogen-bond donors (Lipinski definition) is 1. The second-order valence-corrected chi connectivity index (χ2v) is 4.51. The van der Waals surface area contributed by atoms with Crippen LogP contribution in [0.1, 0.15) is 33.6 Å². The van der Waals surface area contributed by atoms with E-state index in [1.54, 1.807) is 0 Å². The van der Waals surface area contributed by atoms with Crippen LogP contribution in [0.15, 0.2) is 23.8 Å². The Labute approximate surface area is 97.6 Å². The van der Waals surface area contributed by atoms with Crippen molar-refractivity contribution < 1.29 is 9.53 Å². The van der Waals surface area contributed by atoms with Gasteiger partial charge < -0.3 is 10.1 Å². The number of alkyl carbamates (subject to hydrolysis) is 1. The lowest BCUT2D eigenvalue weighted by atomic mass is 10.1. The van der Waals surface area contributed by atoms with E-state index in [2.05, 4.69) is 31.3 Å². The van der Waals surface area contributed by atoms with E-state index in [4.69, 9.17) is 4.74 Å². The molecule has 1 rings (SSSR count). The van der Waals surface area contributed by atoms with Crippen molar-refractivity contribution >= 4 is 6.09 Å². The minimum atomic E-state index is -0.332. The molecule has 1 unspecified atom stereocenters. The Morgan fingerprint density at radius 2 is 2.19 bits per heavy atom. The highest BCUT2D eigenvalue weighted by atomic mass is 16.5. The lowest BCUT2D eigenvalue weighted by Crippen LogP contribution is -2.36. The topological polar surface area (TPSA) is 38.3 Å². The Morgan fingerprint density at radius 1 is 1.44 bits per heavy atom. The Morgan fingerprint density at radius 3 is 2.75 bits per heavy atom. The summed E-state index contributed by atoms with van der Waals surface area (Å²) in [6.07, 6.45) is 8.02. The molecule has 0 radical (unpaired) electrons. The van der Waals surface area contributed by atoms with E-state index in [1.807, 2.05) is 13.0 Å². The number of carbonyl (C=O) groups excluding carboxylic acids is 1. The number of ether oxygens (including phenoxy) is 1. The van der Waals surface area contributed by atoms with Crippen LogP contribution in [0.2, 0.25) is 0 Å². The molecule has 0 aromatic heterocycles. The van der Waals surface area contributed by atoms with Gasteiger partial charge in [-0.2, -0.15) is 0 Å². The largest absolute Gasteiger partial charge is 0.445 e. The highest BCUT2D eigenvalue weighted by Gasteiger charge is 2.11. The minimum Gasteiger partial charge on any atom is -0.445 e. The van der Waals surface area contributed by atoms with E-state index in [-0.39, 0.29) is 12.1 Å². The lowest BCUT2D eigenvalue weighted by Gasteiger charge is -2.17. The van der Waals surface area contributed by atoms with Gasteiger partial charge in [-0.15, -0.1) is 0 Å². The molecule has 90 valence electrons. The maximum Gasteiger partial charge on any atom is 0.407 e. The number of hydrogen-bond acceptors (Lipinski definition) is 2. The molecule has 0 aromatic rings. The number of rotatable bonds is 4. The first-order valence-electron chi connectivity index (χ1n) is 5.88. The first-order chi connectivity index (χ1) is 7.59. The zero-order valence-corrected chi connectivity index (χ0v) is 10.3. The minimum absolute atomic E-state index is 0.142. The molecule has 1 atom stereocenters. The van der Waals surface area contributed by atoms with Gasteiger partial charge in [-0.1, -0.05) is 32.1 Å². The van der Waals surface area contributed by atoms with Crippen LogP contribution in [0.5, 0.6) is 0 Å². The molecule has 0 saturated carbocycles. The molecule has 1 aliphatic rings. The maximum absolute atomic E-state index is 11.4. The lowest BCUT2D eigenvalue weighted by molar-refractivity contribution is 0.150. The summed E-state index contributed by atoms with van der Waals surface area (Å²) < 4.78 is 5.13. The maximum atomic E-state index is 11.4. The summed E-state index contributed by atoms with van der Waals surface area (Å²) in [6, 6.07) is 0.142. The quantitative estimate of drug-likeness (QED) is 0.795. The Bertz CT molecular complexity index is 292. The van der Waals surface area contributed by atoms with Gasteiger partial charge in [-0.3, -0.25) is 0 Å². The number of nitrogens with one attached hydrogen (secondary N) is 1. The highest BCUT2D eigenvalue weighted by molar-refractivity contribution is 5.67. The van der Waals surface area contributed by atoms with Crippen molar-refractivity contribution in [3.63, 3.8) is 0 Å². The van der Waals surface area contributed by atoms with Gasteiger partial charge in [-0.05, 0) is 31.3 Å². The van der Waals surface area contributed by atoms with E-state index in [0.717, 1.165) is 18.4 Å². The summed E-state index contributed by atoms with van der Waals surface area (Å²) in [5, 5.41) is 2.81. The van der Waals surface area contributed by atoms with Crippen molar-refractivity contribution in [2.45, 2.75) is 39.7 Å². The van der Waals surface area contributed by atoms with Gasteiger partial charge >= 0.3 is 6.09 Å². The van der Waals surface area contributed by atoms with Gasteiger partial charge in [0.15, 0.2) is 0 Å². The third-order valence-corrected chi connectivity index (χ3v) is 2.79. The van der Waals surface area contributed by atoms with Crippen LogP contribution in [-0.2, 0) is 4.74 Å². The molecule has 3 heteroatoms. The van der Waals surface area contributed by atoms with Gasteiger partial charge in [0.2, 0.25) is 0 Å². The molecule has 1 amide bonds. The van der Waals surface area contributed by atoms with Gasteiger partial charge in [0.25, 0.3) is 0 Å². The third-order valence-electron chi connectivity index (χ3n) is 2.79. The fourth-order valence-corrected chi connectivity index (χ4v) is 1.32. The standard InChI is InChI=1S/C13H21NO2/c1-10(2)11(3)14-13(15)16-9-12-7-5-4-6-8-12/h5,7-8,10-11H,4,6,9H2,1-3H3,(H,14,15). The van der Waals surface area contributed by atoms with E-state index in [9.17, 15) is 4.79 Å². The second kappa shape index (κ2) is 6.36. The van der Waals surface area contributed by atoms with Crippen molar-refractivity contribution in [3.05, 3.63) is 23.8 Å². The molecule has 0 aromatic carbocycles. The monoisotopic (exact) mass is 223 g/mol. The van der Waals surface area contributed by atoms with E-state index < -0.39 is 0 Å². The third kappa shape index (κ3) is 4.51. The van der Waals surface area contributed by atoms with Crippen molar-refractivity contribution in [2.24, 2.45) is 5.92 Å². The molecular weight excluding hydrogens is 202 g/mol. The van der Waals surface area contributed by atoms with Crippen LogP contribution in [0, 0.1) is 5.92 Å². The number of amides is 1. The van der Waals surface area contributed by atoms with Crippen LogP contribution in [0.3, 0.4) is 0 Å². The molecule has 3 nitrogen and oxygen atoms in total. The molecule has 1 N–H and O–H groups in total. The first kappa shape index (κ1) is 12.8. The Balaban J connectivity index is 2.24. The van der Waals surface area contributed by atoms with Crippen molar-refractivity contribution in [1.29, 1.82) is 0 Å². The number of allylic oxidation sites excluding steroid dienone is 2. The van der Waals surface area contributed by atoms with Crippen LogP contribution in [0.25, 0.3) is 0 Å². The zero-order valence-electron chi connectivity index (χ0n) is 10.3. The Kier molecular flexibility index (Phi) is 5.09. The van der Waals surface area contributed by atoms with Crippen molar-refractivity contribution in [1.82, 2.24) is 5.32 Å². The Hall–Kier alpha value is -1.25. The van der Waals surface area contributed by atoms with Crippen molar-refractivity contribution in [2.75, 3.05) is 6.61 Å². The van der Waals surface area contributed by atoms with Gasteiger partial charge in [0, 0.05) is 6.04 Å². The molecule has 0 saturated heterocycles. The fraction of sp³-hybridized carbons (Fsp3) is 0.615. The normalized spacial score (nSPS) is 16.9. The molecule has 0 heterocycles. The number of carbonyl (C=O) groups is 1. The molecule has 0 aliphatic heterocycles. The van der Waals surface area contributed by atoms with Crippen LogP contribution in [-0.4, -0.2) is 18.7 Å². The van der Waals surface area contributed by atoms with E-state index in [0.29, 0.717) is 12.5 Å². The van der Waals surface area contributed by atoms with Gasteiger partial charge in [-0.25, -0.2) is 4.79 Å². The average molecular weight is 223 g/mol.